The quantitative estimate of drug-likeness (QED) is 0.735. The second-order valence-corrected chi connectivity index (χ2v) is 19.9. The fourth-order valence-corrected chi connectivity index (χ4v) is 22.5. The Balaban J connectivity index is 3.07. The van der Waals surface area contributed by atoms with Crippen molar-refractivity contribution < 1.29 is 0 Å². The van der Waals surface area contributed by atoms with Crippen LogP contribution in [0.1, 0.15) is 41.5 Å². The summed E-state index contributed by atoms with van der Waals surface area (Å²) in [6, 6.07) is 0. The van der Waals surface area contributed by atoms with Crippen LogP contribution < -0.4 is 0 Å². The summed E-state index contributed by atoms with van der Waals surface area (Å²) in [6.07, 6.45) is 0. The molecule has 0 unspecified atom stereocenters. The minimum atomic E-state index is -2.24. The molecule has 0 saturated carbocycles. The molecule has 0 amide bonds. The monoisotopic (exact) mass is 320 g/mol. The summed E-state index contributed by atoms with van der Waals surface area (Å²) in [5.41, 5.74) is 0. The number of rotatable bonds is 4. The van der Waals surface area contributed by atoms with E-state index in [1.165, 1.54) is 26.2 Å². The van der Waals surface area contributed by atoms with Gasteiger partial charge in [0.25, 0.3) is 0 Å². The summed E-state index contributed by atoms with van der Waals surface area (Å²) < 4.78 is 7.57. The Morgan fingerprint density at radius 2 is 1.20 bits per heavy atom. The maximum atomic E-state index is 2.88. The molecule has 0 aromatic carbocycles. The maximum absolute atomic E-state index is 2.88. The van der Waals surface area contributed by atoms with E-state index < -0.39 is 18.9 Å². The third-order valence-corrected chi connectivity index (χ3v) is 22.7. The number of likely N-dealkylation sites (N-methyl/N-ethyl adjacent to an activating group) is 2. The van der Waals surface area contributed by atoms with Gasteiger partial charge >= 0.3 is 101 Å². The predicted octanol–water partition coefficient (Wildman–Crippen LogP) is 2.91. The third kappa shape index (κ3) is 2.09. The van der Waals surface area contributed by atoms with Gasteiger partial charge in [-0.25, -0.2) is 0 Å². The molecule has 15 heavy (non-hydrogen) atoms. The molecule has 3 heteroatoms. The van der Waals surface area contributed by atoms with Gasteiger partial charge in [0.1, 0.15) is 0 Å². The standard InChI is InChI=1S/C6H14N2.2C3H7.Sn/c1-3-7-5-6-8-4-2;2*1-3-2;/h3-6H2,1-2H3;2*3H,1-2H3;/q-2;;;+2. The topological polar surface area (TPSA) is 6.48 Å². The number of hydrogen-bond donors (Lipinski definition) is 0. The van der Waals surface area contributed by atoms with Crippen LogP contribution in [-0.2, 0) is 0 Å². The molecular formula is C12H28N2Sn. The van der Waals surface area contributed by atoms with Gasteiger partial charge in [0.15, 0.2) is 0 Å². The average Bonchev–Trinajstić information content (AvgIpc) is 2.56. The molecule has 0 aromatic heterocycles. The Morgan fingerprint density at radius 1 is 0.867 bits per heavy atom. The molecule has 0 radical (unpaired) electrons. The van der Waals surface area contributed by atoms with E-state index in [9.17, 15) is 0 Å². The van der Waals surface area contributed by atoms with Crippen molar-refractivity contribution in [3.63, 3.8) is 0 Å². The van der Waals surface area contributed by atoms with E-state index in [-0.39, 0.29) is 0 Å². The van der Waals surface area contributed by atoms with Crippen molar-refractivity contribution >= 4 is 18.9 Å². The van der Waals surface area contributed by atoms with Crippen molar-refractivity contribution in [2.24, 2.45) is 0 Å². The van der Waals surface area contributed by atoms with Crippen LogP contribution in [0, 0.1) is 0 Å². The normalized spacial score (nSPS) is 23.2. The van der Waals surface area contributed by atoms with Crippen LogP contribution in [0.2, 0.25) is 7.87 Å². The van der Waals surface area contributed by atoms with Gasteiger partial charge < -0.3 is 0 Å². The van der Waals surface area contributed by atoms with E-state index in [0.717, 1.165) is 7.87 Å². The SMILES string of the molecule is CC[N]1CC[N](CC)[Sn]1([CH](C)C)[CH](C)C. The van der Waals surface area contributed by atoms with E-state index >= 15 is 0 Å². The van der Waals surface area contributed by atoms with E-state index in [2.05, 4.69) is 47.8 Å². The van der Waals surface area contributed by atoms with Crippen LogP contribution in [0.25, 0.3) is 0 Å². The summed E-state index contributed by atoms with van der Waals surface area (Å²) in [5.74, 6) is 0. The first-order valence-corrected chi connectivity index (χ1v) is 12.4. The first kappa shape index (κ1) is 13.8. The van der Waals surface area contributed by atoms with E-state index in [1.54, 1.807) is 0 Å². The van der Waals surface area contributed by atoms with Gasteiger partial charge in [0.05, 0.1) is 0 Å². The molecule has 0 N–H and O–H groups in total. The van der Waals surface area contributed by atoms with E-state index in [1.807, 2.05) is 0 Å². The zero-order chi connectivity index (χ0) is 11.6. The molecule has 1 rings (SSSR count). The zero-order valence-electron chi connectivity index (χ0n) is 11.4. The molecule has 1 fully saturated rings. The fourth-order valence-electron chi connectivity index (χ4n) is 3.75. The predicted molar refractivity (Wildman–Crippen MR) is 70.4 cm³/mol. The van der Waals surface area contributed by atoms with Crippen LogP contribution in [0.4, 0.5) is 0 Å². The Morgan fingerprint density at radius 3 is 1.40 bits per heavy atom. The van der Waals surface area contributed by atoms with Gasteiger partial charge in [-0.3, -0.25) is 0 Å². The van der Waals surface area contributed by atoms with Gasteiger partial charge in [0.2, 0.25) is 0 Å². The van der Waals surface area contributed by atoms with Crippen LogP contribution in [0.15, 0.2) is 0 Å². The van der Waals surface area contributed by atoms with Gasteiger partial charge in [-0.15, -0.1) is 0 Å². The first-order valence-electron chi connectivity index (χ1n) is 6.51. The first-order chi connectivity index (χ1) is 7.01. The van der Waals surface area contributed by atoms with Crippen molar-refractivity contribution in [2.75, 3.05) is 26.2 Å². The molecule has 90 valence electrons. The van der Waals surface area contributed by atoms with Crippen LogP contribution in [0.5, 0.6) is 0 Å². The van der Waals surface area contributed by atoms with Crippen molar-refractivity contribution in [1.82, 2.24) is 6.24 Å². The molecule has 0 atom stereocenters. The molecule has 1 aliphatic heterocycles. The Kier molecular flexibility index (Phi) is 4.93. The zero-order valence-corrected chi connectivity index (χ0v) is 14.2. The Bertz CT molecular complexity index is 182. The van der Waals surface area contributed by atoms with Gasteiger partial charge in [-0.1, -0.05) is 0 Å². The Hall–Kier alpha value is 0.719. The van der Waals surface area contributed by atoms with E-state index in [4.69, 9.17) is 0 Å². The Labute approximate surface area is 101 Å². The van der Waals surface area contributed by atoms with Crippen molar-refractivity contribution in [3.8, 4) is 0 Å². The molecule has 2 nitrogen and oxygen atoms in total. The molecule has 0 aliphatic carbocycles. The summed E-state index contributed by atoms with van der Waals surface area (Å²) in [4.78, 5) is 0. The second kappa shape index (κ2) is 5.37. The molecule has 1 heterocycles. The van der Waals surface area contributed by atoms with Crippen LogP contribution >= 0.6 is 0 Å². The molecule has 1 aliphatic rings. The molecule has 0 bridgehead atoms. The van der Waals surface area contributed by atoms with Crippen molar-refractivity contribution in [3.05, 3.63) is 0 Å². The van der Waals surface area contributed by atoms with Gasteiger partial charge in [0, 0.05) is 0 Å². The summed E-state index contributed by atoms with van der Waals surface area (Å²) >= 11 is -2.24. The number of nitrogens with zero attached hydrogens (tertiary/aromatic N) is 2. The summed E-state index contributed by atoms with van der Waals surface area (Å²) in [7, 11) is 0. The second-order valence-electron chi connectivity index (χ2n) is 5.25. The van der Waals surface area contributed by atoms with Gasteiger partial charge in [-0.05, 0) is 0 Å². The van der Waals surface area contributed by atoms with Crippen LogP contribution in [-0.4, -0.2) is 51.3 Å². The molecule has 1 saturated heterocycles. The molecule has 0 spiro atoms. The average molecular weight is 319 g/mol. The molecular weight excluding hydrogens is 291 g/mol. The number of hydrogen-bond acceptors (Lipinski definition) is 2. The fraction of sp³-hybridized carbons (Fsp3) is 1.00. The minimum absolute atomic E-state index is 0.904. The molecule has 0 aromatic rings. The summed E-state index contributed by atoms with van der Waals surface area (Å²) in [6.45, 7) is 19.7. The van der Waals surface area contributed by atoms with Crippen LogP contribution in [0.3, 0.4) is 0 Å². The third-order valence-electron chi connectivity index (χ3n) is 4.12. The van der Waals surface area contributed by atoms with Crippen molar-refractivity contribution in [2.45, 2.75) is 49.4 Å². The van der Waals surface area contributed by atoms with Crippen molar-refractivity contribution in [1.29, 1.82) is 0 Å². The van der Waals surface area contributed by atoms with E-state index in [0.29, 0.717) is 0 Å². The van der Waals surface area contributed by atoms with Gasteiger partial charge in [-0.2, -0.15) is 0 Å². The summed E-state index contributed by atoms with van der Waals surface area (Å²) in [5, 5.41) is 0.